The SMILES string of the molecule is Cc1ccc2ccc(C(=O)Nc3sc4c(c3-c3nc5ccccc5s3)CCN(C(C)C)C4)cc2n1. The summed E-state index contributed by atoms with van der Waals surface area (Å²) in [6, 6.07) is 18.5. The molecular formula is C28H26N4OS2. The van der Waals surface area contributed by atoms with Crippen molar-refractivity contribution < 1.29 is 4.79 Å². The minimum absolute atomic E-state index is 0.114. The highest BCUT2D eigenvalue weighted by molar-refractivity contribution is 7.23. The van der Waals surface area contributed by atoms with Gasteiger partial charge in [-0.3, -0.25) is 14.7 Å². The van der Waals surface area contributed by atoms with Crippen molar-refractivity contribution >= 4 is 54.7 Å². The normalized spacial score (nSPS) is 14.1. The van der Waals surface area contributed by atoms with Gasteiger partial charge in [0.15, 0.2) is 0 Å². The van der Waals surface area contributed by atoms with Gasteiger partial charge in [-0.05, 0) is 63.1 Å². The van der Waals surface area contributed by atoms with Crippen LogP contribution in [0.3, 0.4) is 0 Å². The topological polar surface area (TPSA) is 58.1 Å². The predicted octanol–water partition coefficient (Wildman–Crippen LogP) is 6.90. The summed E-state index contributed by atoms with van der Waals surface area (Å²) in [6.07, 6.45) is 0.963. The number of hydrogen-bond acceptors (Lipinski definition) is 6. The fourth-order valence-electron chi connectivity index (χ4n) is 4.69. The van der Waals surface area contributed by atoms with Crippen molar-refractivity contribution in [2.45, 2.75) is 39.8 Å². The number of aromatic nitrogens is 2. The van der Waals surface area contributed by atoms with Crippen molar-refractivity contribution in [2.24, 2.45) is 0 Å². The molecule has 1 amide bonds. The van der Waals surface area contributed by atoms with Gasteiger partial charge in [-0.1, -0.05) is 24.3 Å². The van der Waals surface area contributed by atoms with Crippen LogP contribution in [-0.4, -0.2) is 33.4 Å². The van der Waals surface area contributed by atoms with Gasteiger partial charge in [0.1, 0.15) is 10.0 Å². The number of anilines is 1. The summed E-state index contributed by atoms with van der Waals surface area (Å²) in [5, 5.41) is 6.15. The Morgan fingerprint density at radius 3 is 2.69 bits per heavy atom. The Kier molecular flexibility index (Phi) is 5.63. The van der Waals surface area contributed by atoms with Crippen LogP contribution in [0.15, 0.2) is 54.6 Å². The minimum Gasteiger partial charge on any atom is -0.313 e. The lowest BCUT2D eigenvalue weighted by atomic mass is 10.0. The van der Waals surface area contributed by atoms with Crippen molar-refractivity contribution in [2.75, 3.05) is 11.9 Å². The molecule has 6 rings (SSSR count). The first-order valence-corrected chi connectivity index (χ1v) is 13.5. The Hall–Kier alpha value is -3.13. The fourth-order valence-corrected chi connectivity index (χ4v) is 7.07. The van der Waals surface area contributed by atoms with E-state index >= 15 is 0 Å². The first-order valence-electron chi connectivity index (χ1n) is 11.9. The van der Waals surface area contributed by atoms with E-state index in [0.29, 0.717) is 11.6 Å². The maximum absolute atomic E-state index is 13.4. The van der Waals surface area contributed by atoms with E-state index in [1.165, 1.54) is 10.4 Å². The average molecular weight is 499 g/mol. The van der Waals surface area contributed by atoms with Gasteiger partial charge in [-0.25, -0.2) is 4.98 Å². The van der Waals surface area contributed by atoms with Crippen LogP contribution < -0.4 is 5.32 Å². The molecule has 0 saturated carbocycles. The molecule has 0 saturated heterocycles. The Balaban J connectivity index is 1.41. The third-order valence-corrected chi connectivity index (χ3v) is 8.83. The predicted molar refractivity (Wildman–Crippen MR) is 147 cm³/mol. The zero-order chi connectivity index (χ0) is 24.1. The maximum atomic E-state index is 13.4. The molecule has 35 heavy (non-hydrogen) atoms. The molecule has 0 spiro atoms. The van der Waals surface area contributed by atoms with Crippen LogP contribution in [0.1, 0.15) is 40.3 Å². The van der Waals surface area contributed by atoms with Crippen LogP contribution in [0.4, 0.5) is 5.00 Å². The van der Waals surface area contributed by atoms with Gasteiger partial charge in [-0.2, -0.15) is 0 Å². The monoisotopic (exact) mass is 498 g/mol. The number of nitrogens with zero attached hydrogens (tertiary/aromatic N) is 3. The van der Waals surface area contributed by atoms with Crippen LogP contribution in [0.2, 0.25) is 0 Å². The minimum atomic E-state index is -0.114. The molecule has 7 heteroatoms. The van der Waals surface area contributed by atoms with E-state index in [9.17, 15) is 4.79 Å². The zero-order valence-electron chi connectivity index (χ0n) is 20.0. The van der Waals surface area contributed by atoms with Crippen molar-refractivity contribution in [3.8, 4) is 10.6 Å². The van der Waals surface area contributed by atoms with Crippen molar-refractivity contribution in [1.29, 1.82) is 0 Å². The van der Waals surface area contributed by atoms with Gasteiger partial charge in [0.05, 0.1) is 15.7 Å². The zero-order valence-corrected chi connectivity index (χ0v) is 21.6. The molecule has 0 fully saturated rings. The van der Waals surface area contributed by atoms with Crippen LogP contribution in [0.5, 0.6) is 0 Å². The lowest BCUT2D eigenvalue weighted by Gasteiger charge is -2.30. The Morgan fingerprint density at radius 1 is 1.03 bits per heavy atom. The largest absolute Gasteiger partial charge is 0.313 e. The van der Waals surface area contributed by atoms with Gasteiger partial charge >= 0.3 is 0 Å². The molecule has 4 heterocycles. The number of benzene rings is 2. The van der Waals surface area contributed by atoms with Crippen LogP contribution in [-0.2, 0) is 13.0 Å². The van der Waals surface area contributed by atoms with E-state index in [0.717, 1.165) is 61.9 Å². The fraction of sp³-hybridized carbons (Fsp3) is 0.250. The Morgan fingerprint density at radius 2 is 1.86 bits per heavy atom. The van der Waals surface area contributed by atoms with Crippen LogP contribution in [0, 0.1) is 6.92 Å². The summed E-state index contributed by atoms with van der Waals surface area (Å²) in [6.45, 7) is 8.37. The third-order valence-electron chi connectivity index (χ3n) is 6.65. The molecule has 0 radical (unpaired) electrons. The summed E-state index contributed by atoms with van der Waals surface area (Å²) in [7, 11) is 0. The van der Waals surface area contributed by atoms with Gasteiger partial charge in [0.2, 0.25) is 0 Å². The number of fused-ring (bicyclic) bond motifs is 3. The highest BCUT2D eigenvalue weighted by Crippen LogP contribution is 2.46. The highest BCUT2D eigenvalue weighted by Gasteiger charge is 2.28. The summed E-state index contributed by atoms with van der Waals surface area (Å²) >= 11 is 3.39. The number of carbonyl (C=O) groups excluding carboxylic acids is 1. The molecule has 176 valence electrons. The number of carbonyl (C=O) groups is 1. The Bertz CT molecular complexity index is 1550. The van der Waals surface area contributed by atoms with Gasteiger partial charge < -0.3 is 5.32 Å². The molecule has 0 bridgehead atoms. The third kappa shape index (κ3) is 4.14. The van der Waals surface area contributed by atoms with E-state index < -0.39 is 0 Å². The number of thiophene rings is 1. The number of rotatable bonds is 4. The molecule has 5 nitrogen and oxygen atoms in total. The number of aryl methyl sites for hydroxylation is 1. The Labute approximate surface area is 212 Å². The van der Waals surface area contributed by atoms with Crippen LogP contribution >= 0.6 is 22.7 Å². The first-order chi connectivity index (χ1) is 17.0. The molecule has 2 aromatic carbocycles. The quantitative estimate of drug-likeness (QED) is 0.293. The number of thiazole rings is 1. The van der Waals surface area contributed by atoms with Crippen LogP contribution in [0.25, 0.3) is 31.7 Å². The summed E-state index contributed by atoms with van der Waals surface area (Å²) in [5.74, 6) is -0.114. The molecule has 1 N–H and O–H groups in total. The molecule has 3 aromatic heterocycles. The van der Waals surface area contributed by atoms with Crippen molar-refractivity contribution in [1.82, 2.24) is 14.9 Å². The number of hydrogen-bond donors (Lipinski definition) is 1. The summed E-state index contributed by atoms with van der Waals surface area (Å²) in [5.41, 5.74) is 5.81. The molecule has 0 atom stereocenters. The van der Waals surface area contributed by atoms with Gasteiger partial charge in [0, 0.05) is 46.2 Å². The van der Waals surface area contributed by atoms with E-state index in [1.807, 2.05) is 49.4 Å². The number of pyridine rings is 1. The van der Waals surface area contributed by atoms with Crippen molar-refractivity contribution in [3.05, 3.63) is 76.3 Å². The number of amides is 1. The smallest absolute Gasteiger partial charge is 0.256 e. The molecule has 1 aliphatic rings. The second-order valence-corrected chi connectivity index (χ2v) is 11.5. The summed E-state index contributed by atoms with van der Waals surface area (Å²) < 4.78 is 1.16. The molecule has 0 aliphatic carbocycles. The van der Waals surface area contributed by atoms with E-state index in [2.05, 4.69) is 41.2 Å². The van der Waals surface area contributed by atoms with Crippen molar-refractivity contribution in [3.63, 3.8) is 0 Å². The molecular weight excluding hydrogens is 472 g/mol. The van der Waals surface area contributed by atoms with E-state index in [-0.39, 0.29) is 5.91 Å². The second kappa shape index (κ2) is 8.82. The molecule has 5 aromatic rings. The second-order valence-electron chi connectivity index (χ2n) is 9.32. The maximum Gasteiger partial charge on any atom is 0.256 e. The van der Waals surface area contributed by atoms with Gasteiger partial charge in [0.25, 0.3) is 5.91 Å². The first kappa shape index (κ1) is 22.3. The van der Waals surface area contributed by atoms with Gasteiger partial charge in [-0.15, -0.1) is 22.7 Å². The van der Waals surface area contributed by atoms with E-state index in [4.69, 9.17) is 4.98 Å². The lowest BCUT2D eigenvalue weighted by molar-refractivity contribution is 0.102. The average Bonchev–Trinajstić information content (AvgIpc) is 3.43. The lowest BCUT2D eigenvalue weighted by Crippen LogP contribution is -2.35. The van der Waals surface area contributed by atoms with E-state index in [1.54, 1.807) is 22.7 Å². The summed E-state index contributed by atoms with van der Waals surface area (Å²) in [4.78, 5) is 26.8. The molecule has 1 aliphatic heterocycles. The standard InChI is InChI=1S/C28H26N4OS2/c1-16(2)32-13-12-20-24(15-32)35-28(25(20)27-30-21-6-4-5-7-23(21)34-27)31-26(33)19-11-10-18-9-8-17(3)29-22(18)14-19/h4-11,14,16H,12-13,15H2,1-3H3,(H,31,33). The molecule has 0 unspecified atom stereocenters. The number of para-hydroxylation sites is 1. The number of nitrogens with one attached hydrogen (secondary N) is 1. The highest BCUT2D eigenvalue weighted by atomic mass is 32.1.